The Labute approximate surface area is 474 Å². The summed E-state index contributed by atoms with van der Waals surface area (Å²) in [5, 5.41) is 0. The van der Waals surface area contributed by atoms with Crippen molar-refractivity contribution < 1.29 is 66.5 Å². The van der Waals surface area contributed by atoms with Gasteiger partial charge in [-0.25, -0.2) is 0 Å². The average molecular weight is 1110 g/mol. The largest absolute Gasteiger partial charge is 0.465 e. The van der Waals surface area contributed by atoms with Gasteiger partial charge < -0.3 is 57.0 Å². The van der Waals surface area contributed by atoms with Crippen molar-refractivity contribution >= 4 is 17.9 Å². The Morgan fingerprint density at radius 2 is 0.718 bits per heavy atom. The summed E-state index contributed by atoms with van der Waals surface area (Å²) < 4.78 is 64.5. The Morgan fingerprint density at radius 1 is 0.372 bits per heavy atom. The second kappa shape index (κ2) is 47.5. The van der Waals surface area contributed by atoms with Crippen molar-refractivity contribution in [3.8, 4) is 0 Å². The SMILES string of the molecule is CN(C)CCCC(=O)OC(CCCCOCOCC(COCOCCCC1CCCCC1)COC(=O)CCC1CCCCC1)CCCCOCOCC(COCOCCCC1CCCCC1)COC(=O)CCC1CCCCC1. The van der Waals surface area contributed by atoms with E-state index in [1.165, 1.54) is 141 Å². The highest BCUT2D eigenvalue weighted by Gasteiger charge is 2.21. The first-order valence-corrected chi connectivity index (χ1v) is 32.1. The molecule has 0 saturated heterocycles. The van der Waals surface area contributed by atoms with Gasteiger partial charge in [0.25, 0.3) is 0 Å². The monoisotopic (exact) mass is 1110 g/mol. The molecule has 4 rings (SSSR count). The minimum atomic E-state index is -0.177. The zero-order chi connectivity index (χ0) is 55.2. The zero-order valence-corrected chi connectivity index (χ0v) is 49.8. The molecule has 2 unspecified atom stereocenters. The van der Waals surface area contributed by atoms with Gasteiger partial charge in [0.1, 0.15) is 33.3 Å². The minimum absolute atomic E-state index is 0.125. The molecule has 0 amide bonds. The molecule has 0 spiro atoms. The smallest absolute Gasteiger partial charge is 0.306 e. The van der Waals surface area contributed by atoms with E-state index in [9.17, 15) is 14.4 Å². The predicted molar refractivity (Wildman–Crippen MR) is 305 cm³/mol. The molecule has 15 heteroatoms. The lowest BCUT2D eigenvalue weighted by molar-refractivity contribution is -0.150. The van der Waals surface area contributed by atoms with Gasteiger partial charge in [-0.15, -0.1) is 0 Å². The van der Waals surface area contributed by atoms with Crippen molar-refractivity contribution in [2.24, 2.45) is 35.5 Å². The minimum Gasteiger partial charge on any atom is -0.465 e. The molecule has 78 heavy (non-hydrogen) atoms. The summed E-state index contributed by atoms with van der Waals surface area (Å²) in [5.74, 6) is 2.27. The Bertz CT molecular complexity index is 1330. The van der Waals surface area contributed by atoms with Crippen LogP contribution in [0.15, 0.2) is 0 Å². The Balaban J connectivity index is 1.09. The first-order chi connectivity index (χ1) is 38.3. The number of unbranched alkanes of at least 4 members (excludes halogenated alkanes) is 2. The molecular weight excluding hydrogens is 995 g/mol. The van der Waals surface area contributed by atoms with Gasteiger partial charge in [0.05, 0.1) is 39.6 Å². The third-order valence-corrected chi connectivity index (χ3v) is 16.7. The predicted octanol–water partition coefficient (Wildman–Crippen LogP) is 13.3. The number of carbonyl (C=O) groups excluding carboxylic acids is 3. The van der Waals surface area contributed by atoms with E-state index in [0.29, 0.717) is 84.0 Å². The van der Waals surface area contributed by atoms with Gasteiger partial charge in [0, 0.05) is 57.5 Å². The lowest BCUT2D eigenvalue weighted by Gasteiger charge is -2.21. The van der Waals surface area contributed by atoms with Gasteiger partial charge in [-0.1, -0.05) is 128 Å². The van der Waals surface area contributed by atoms with Crippen LogP contribution < -0.4 is 0 Å². The van der Waals surface area contributed by atoms with E-state index in [0.717, 1.165) is 89.0 Å². The maximum Gasteiger partial charge on any atom is 0.306 e. The van der Waals surface area contributed by atoms with Crippen molar-refractivity contribution in [3.63, 3.8) is 0 Å². The highest BCUT2D eigenvalue weighted by Crippen LogP contribution is 2.30. The Morgan fingerprint density at radius 3 is 1.08 bits per heavy atom. The molecule has 0 heterocycles. The molecule has 4 aliphatic carbocycles. The quantitative estimate of drug-likeness (QED) is 0.0245. The highest BCUT2D eigenvalue weighted by atomic mass is 16.7. The second-order valence-corrected chi connectivity index (χ2v) is 24.1. The average Bonchev–Trinajstić information content (AvgIpc) is 3.45. The summed E-state index contributed by atoms with van der Waals surface area (Å²) in [6, 6.07) is 0. The van der Waals surface area contributed by atoms with Gasteiger partial charge in [0.2, 0.25) is 0 Å². The number of nitrogens with zero attached hydrogens (tertiary/aromatic N) is 1. The van der Waals surface area contributed by atoms with Crippen molar-refractivity contribution in [2.45, 2.75) is 237 Å². The maximum atomic E-state index is 12.9. The molecule has 0 radical (unpaired) electrons. The van der Waals surface area contributed by atoms with Crippen LogP contribution in [0.2, 0.25) is 0 Å². The first kappa shape index (κ1) is 68.5. The van der Waals surface area contributed by atoms with Gasteiger partial charge in [-0.2, -0.15) is 0 Å². The van der Waals surface area contributed by atoms with E-state index in [2.05, 4.69) is 4.90 Å². The van der Waals surface area contributed by atoms with E-state index in [1.54, 1.807) is 0 Å². The Hall–Kier alpha value is -1.95. The van der Waals surface area contributed by atoms with E-state index >= 15 is 0 Å². The van der Waals surface area contributed by atoms with Gasteiger partial charge in [0.15, 0.2) is 0 Å². The summed E-state index contributed by atoms with van der Waals surface area (Å²) in [4.78, 5) is 40.4. The molecule has 0 aromatic rings. The molecule has 456 valence electrons. The molecule has 4 aliphatic rings. The van der Waals surface area contributed by atoms with E-state index in [-0.39, 0.29) is 76.2 Å². The molecule has 0 N–H and O–H groups in total. The van der Waals surface area contributed by atoms with Gasteiger partial charge in [-0.05, 0) is 128 Å². The lowest BCUT2D eigenvalue weighted by atomic mass is 9.86. The topological polar surface area (TPSA) is 156 Å². The number of esters is 3. The fraction of sp³-hybridized carbons (Fsp3) is 0.952. The molecule has 4 saturated carbocycles. The zero-order valence-electron chi connectivity index (χ0n) is 49.8. The lowest BCUT2D eigenvalue weighted by Crippen LogP contribution is -2.25. The van der Waals surface area contributed by atoms with Crippen LogP contribution in [0.4, 0.5) is 0 Å². The van der Waals surface area contributed by atoms with E-state index < -0.39 is 0 Å². The summed E-state index contributed by atoms with van der Waals surface area (Å²) in [7, 11) is 4.02. The third-order valence-electron chi connectivity index (χ3n) is 16.7. The maximum absolute atomic E-state index is 12.9. The van der Waals surface area contributed by atoms with Crippen molar-refractivity contribution in [3.05, 3.63) is 0 Å². The molecular formula is C63H115NO14. The van der Waals surface area contributed by atoms with Crippen LogP contribution in [-0.4, -0.2) is 143 Å². The Kier molecular flexibility index (Phi) is 41.8. The molecule has 0 bridgehead atoms. The number of hydrogen-bond acceptors (Lipinski definition) is 15. The van der Waals surface area contributed by atoms with E-state index in [1.807, 2.05) is 14.1 Å². The van der Waals surface area contributed by atoms with Crippen LogP contribution in [0.25, 0.3) is 0 Å². The van der Waals surface area contributed by atoms with Crippen LogP contribution >= 0.6 is 0 Å². The summed E-state index contributed by atoms with van der Waals surface area (Å²) in [6.07, 6.45) is 39.3. The fourth-order valence-corrected chi connectivity index (χ4v) is 11.9. The van der Waals surface area contributed by atoms with Crippen LogP contribution in [0.3, 0.4) is 0 Å². The molecule has 2 atom stereocenters. The standard InChI is InChI=1S/C63H115NO14/c1-64(2)39-19-34-63(67)78-60(32-15-17-40-68-50-72-44-58(48-76-61(65)37-35-56-26-11-5-12-27-56)46-74-52-70-42-20-30-54-22-7-3-8-23-54)33-16-18-41-69-51-73-45-59(49-77-62(66)38-36-57-28-13-6-14-29-57)47-75-53-71-43-21-31-55-24-9-4-10-25-55/h54-60H,3-53H2,1-2H3. The van der Waals surface area contributed by atoms with E-state index in [4.69, 9.17) is 52.1 Å². The normalized spacial score (nSPS) is 18.5. The summed E-state index contributed by atoms with van der Waals surface area (Å²) in [6.45, 7) is 5.92. The molecule has 4 fully saturated rings. The second-order valence-electron chi connectivity index (χ2n) is 24.1. The molecule has 15 nitrogen and oxygen atoms in total. The molecule has 0 aromatic carbocycles. The van der Waals surface area contributed by atoms with Crippen LogP contribution in [0.5, 0.6) is 0 Å². The number of carbonyl (C=O) groups is 3. The van der Waals surface area contributed by atoms with Gasteiger partial charge in [-0.3, -0.25) is 14.4 Å². The third kappa shape index (κ3) is 37.9. The van der Waals surface area contributed by atoms with Crippen LogP contribution in [-0.2, 0) is 66.5 Å². The van der Waals surface area contributed by atoms with Crippen molar-refractivity contribution in [2.75, 3.05) is 114 Å². The van der Waals surface area contributed by atoms with Crippen molar-refractivity contribution in [1.82, 2.24) is 4.90 Å². The summed E-state index contributed by atoms with van der Waals surface area (Å²) >= 11 is 0. The van der Waals surface area contributed by atoms with Gasteiger partial charge >= 0.3 is 17.9 Å². The van der Waals surface area contributed by atoms with Crippen LogP contribution in [0, 0.1) is 35.5 Å². The number of ether oxygens (including phenoxy) is 11. The van der Waals surface area contributed by atoms with Crippen LogP contribution in [0.1, 0.15) is 231 Å². The number of hydrogen-bond donors (Lipinski definition) is 0. The summed E-state index contributed by atoms with van der Waals surface area (Å²) in [5.41, 5.74) is 0. The molecule has 0 aliphatic heterocycles. The molecule has 0 aromatic heterocycles. The fourth-order valence-electron chi connectivity index (χ4n) is 11.9. The highest BCUT2D eigenvalue weighted by molar-refractivity contribution is 5.70. The first-order valence-electron chi connectivity index (χ1n) is 32.1. The number of rotatable bonds is 49. The van der Waals surface area contributed by atoms with Crippen molar-refractivity contribution in [1.29, 1.82) is 0 Å².